The maximum Gasteiger partial charge on any atom is 0.256 e. The third kappa shape index (κ3) is 4.40. The Kier molecular flexibility index (Phi) is 6.59. The van der Waals surface area contributed by atoms with Crippen molar-refractivity contribution in [2.45, 2.75) is 32.7 Å². The number of aryl methyl sites for hydroxylation is 1. The van der Waals surface area contributed by atoms with Crippen molar-refractivity contribution in [2.75, 3.05) is 19.6 Å². The largest absolute Gasteiger partial charge is 0.339 e. The summed E-state index contributed by atoms with van der Waals surface area (Å²) >= 11 is 0. The standard InChI is InChI=1S/C26H28N4O2/c1-3-14-29-15-16-30(25(31)22-11-7-13-28-19(22)2)24(26(29)32)17-20-8-4-5-10-23(20)21-9-6-12-27-18-21/h4-13,18,24H,3,14-17H2,1-2H3/t24-/m1/s1. The number of benzene rings is 1. The number of aromatic nitrogens is 2. The first-order valence-electron chi connectivity index (χ1n) is 11.1. The summed E-state index contributed by atoms with van der Waals surface area (Å²) in [6.45, 7) is 5.66. The summed E-state index contributed by atoms with van der Waals surface area (Å²) in [6, 6.07) is 15.0. The topological polar surface area (TPSA) is 66.4 Å². The minimum atomic E-state index is -0.555. The highest BCUT2D eigenvalue weighted by Gasteiger charge is 2.38. The number of carbonyl (C=O) groups is 2. The van der Waals surface area contributed by atoms with E-state index in [1.54, 1.807) is 29.4 Å². The molecule has 164 valence electrons. The summed E-state index contributed by atoms with van der Waals surface area (Å²) in [6.07, 6.45) is 6.59. The molecule has 0 spiro atoms. The number of hydrogen-bond donors (Lipinski definition) is 0. The van der Waals surface area contributed by atoms with E-state index in [0.29, 0.717) is 37.3 Å². The average Bonchev–Trinajstić information content (AvgIpc) is 2.82. The van der Waals surface area contributed by atoms with Crippen LogP contribution in [0.3, 0.4) is 0 Å². The predicted octanol–water partition coefficient (Wildman–Crippen LogP) is 3.76. The molecule has 0 aliphatic carbocycles. The highest BCUT2D eigenvalue weighted by Crippen LogP contribution is 2.27. The molecule has 1 saturated heterocycles. The Morgan fingerprint density at radius 2 is 1.88 bits per heavy atom. The lowest BCUT2D eigenvalue weighted by Crippen LogP contribution is -2.59. The monoisotopic (exact) mass is 428 g/mol. The lowest BCUT2D eigenvalue weighted by molar-refractivity contribution is -0.140. The van der Waals surface area contributed by atoms with Crippen LogP contribution in [0.1, 0.15) is 35.0 Å². The van der Waals surface area contributed by atoms with Crippen LogP contribution < -0.4 is 0 Å². The molecule has 0 saturated carbocycles. The van der Waals surface area contributed by atoms with Gasteiger partial charge in [0.15, 0.2) is 0 Å². The fourth-order valence-corrected chi connectivity index (χ4v) is 4.35. The van der Waals surface area contributed by atoms with Gasteiger partial charge in [0, 0.05) is 55.9 Å². The van der Waals surface area contributed by atoms with Crippen LogP contribution in [0, 0.1) is 6.92 Å². The Hall–Kier alpha value is -3.54. The van der Waals surface area contributed by atoms with Crippen LogP contribution in [0.5, 0.6) is 0 Å². The Bertz CT molecular complexity index is 1100. The van der Waals surface area contributed by atoms with E-state index in [0.717, 1.165) is 23.1 Å². The zero-order valence-electron chi connectivity index (χ0n) is 18.6. The number of amides is 2. The van der Waals surface area contributed by atoms with E-state index in [2.05, 4.69) is 16.9 Å². The second kappa shape index (κ2) is 9.73. The van der Waals surface area contributed by atoms with Gasteiger partial charge in [0.2, 0.25) is 5.91 Å². The SMILES string of the molecule is CCCN1CCN(C(=O)c2cccnc2C)[C@H](Cc2ccccc2-c2cccnc2)C1=O. The number of carbonyl (C=O) groups excluding carboxylic acids is 2. The van der Waals surface area contributed by atoms with Gasteiger partial charge in [-0.2, -0.15) is 0 Å². The maximum atomic E-state index is 13.5. The van der Waals surface area contributed by atoms with E-state index in [-0.39, 0.29) is 11.8 Å². The van der Waals surface area contributed by atoms with Crippen molar-refractivity contribution in [1.82, 2.24) is 19.8 Å². The summed E-state index contributed by atoms with van der Waals surface area (Å²) in [5.74, 6) is -0.127. The molecule has 6 heteroatoms. The summed E-state index contributed by atoms with van der Waals surface area (Å²) < 4.78 is 0. The van der Waals surface area contributed by atoms with Crippen molar-refractivity contribution in [3.8, 4) is 11.1 Å². The van der Waals surface area contributed by atoms with Crippen molar-refractivity contribution in [3.63, 3.8) is 0 Å². The van der Waals surface area contributed by atoms with Crippen molar-refractivity contribution in [3.05, 3.63) is 83.9 Å². The first-order valence-corrected chi connectivity index (χ1v) is 11.1. The molecule has 6 nitrogen and oxygen atoms in total. The molecule has 1 fully saturated rings. The van der Waals surface area contributed by atoms with E-state index in [1.165, 1.54) is 0 Å². The zero-order valence-corrected chi connectivity index (χ0v) is 18.6. The van der Waals surface area contributed by atoms with Gasteiger partial charge < -0.3 is 9.80 Å². The molecule has 1 aliphatic heterocycles. The number of pyridine rings is 2. The fourth-order valence-electron chi connectivity index (χ4n) is 4.35. The lowest BCUT2D eigenvalue weighted by atomic mass is 9.93. The van der Waals surface area contributed by atoms with Gasteiger partial charge in [-0.25, -0.2) is 0 Å². The molecule has 32 heavy (non-hydrogen) atoms. The minimum Gasteiger partial charge on any atom is -0.339 e. The summed E-state index contributed by atoms with van der Waals surface area (Å²) in [4.78, 5) is 39.1. The maximum absolute atomic E-state index is 13.5. The molecular weight excluding hydrogens is 400 g/mol. The molecule has 1 aliphatic rings. The van der Waals surface area contributed by atoms with Gasteiger partial charge in [-0.15, -0.1) is 0 Å². The first-order chi connectivity index (χ1) is 15.6. The average molecular weight is 429 g/mol. The van der Waals surface area contributed by atoms with Gasteiger partial charge in [-0.1, -0.05) is 37.3 Å². The number of rotatable bonds is 6. The van der Waals surface area contributed by atoms with Crippen LogP contribution in [0.15, 0.2) is 67.1 Å². The summed E-state index contributed by atoms with van der Waals surface area (Å²) in [5, 5.41) is 0. The Labute approximate surface area is 188 Å². The molecule has 0 radical (unpaired) electrons. The van der Waals surface area contributed by atoms with Gasteiger partial charge in [0.1, 0.15) is 6.04 Å². The van der Waals surface area contributed by atoms with Crippen LogP contribution in [-0.4, -0.2) is 57.3 Å². The highest BCUT2D eigenvalue weighted by molar-refractivity contribution is 5.99. The van der Waals surface area contributed by atoms with Crippen LogP contribution >= 0.6 is 0 Å². The zero-order chi connectivity index (χ0) is 22.5. The van der Waals surface area contributed by atoms with Gasteiger partial charge >= 0.3 is 0 Å². The molecule has 3 heterocycles. The molecule has 1 aromatic carbocycles. The van der Waals surface area contributed by atoms with Crippen LogP contribution in [0.25, 0.3) is 11.1 Å². The Balaban J connectivity index is 1.70. The van der Waals surface area contributed by atoms with Gasteiger partial charge in [-0.05, 0) is 42.7 Å². The van der Waals surface area contributed by atoms with E-state index < -0.39 is 6.04 Å². The molecular formula is C26H28N4O2. The van der Waals surface area contributed by atoms with Crippen molar-refractivity contribution in [2.24, 2.45) is 0 Å². The second-order valence-corrected chi connectivity index (χ2v) is 8.08. The van der Waals surface area contributed by atoms with Crippen molar-refractivity contribution >= 4 is 11.8 Å². The van der Waals surface area contributed by atoms with Crippen molar-refractivity contribution < 1.29 is 9.59 Å². The van der Waals surface area contributed by atoms with Gasteiger partial charge in [0.05, 0.1) is 5.56 Å². The highest BCUT2D eigenvalue weighted by atomic mass is 16.2. The molecule has 0 bridgehead atoms. The summed E-state index contributed by atoms with van der Waals surface area (Å²) in [7, 11) is 0. The van der Waals surface area contributed by atoms with E-state index >= 15 is 0 Å². The molecule has 2 amide bonds. The summed E-state index contributed by atoms with van der Waals surface area (Å²) in [5.41, 5.74) is 4.28. The number of hydrogen-bond acceptors (Lipinski definition) is 4. The number of piperazine rings is 1. The second-order valence-electron chi connectivity index (χ2n) is 8.08. The normalized spacial score (nSPS) is 16.3. The van der Waals surface area contributed by atoms with E-state index in [4.69, 9.17) is 0 Å². The van der Waals surface area contributed by atoms with Gasteiger partial charge in [-0.3, -0.25) is 19.6 Å². The lowest BCUT2D eigenvalue weighted by Gasteiger charge is -2.41. The Morgan fingerprint density at radius 1 is 1.06 bits per heavy atom. The third-order valence-electron chi connectivity index (χ3n) is 5.98. The molecule has 4 rings (SSSR count). The quantitative estimate of drug-likeness (QED) is 0.600. The van der Waals surface area contributed by atoms with Gasteiger partial charge in [0.25, 0.3) is 5.91 Å². The van der Waals surface area contributed by atoms with Crippen LogP contribution in [-0.2, 0) is 11.2 Å². The molecule has 2 aromatic heterocycles. The predicted molar refractivity (Wildman–Crippen MR) is 124 cm³/mol. The van der Waals surface area contributed by atoms with Crippen LogP contribution in [0.2, 0.25) is 0 Å². The Morgan fingerprint density at radius 3 is 2.62 bits per heavy atom. The molecule has 0 unspecified atom stereocenters. The minimum absolute atomic E-state index is 0.00832. The molecule has 0 N–H and O–H groups in total. The van der Waals surface area contributed by atoms with E-state index in [1.807, 2.05) is 54.4 Å². The van der Waals surface area contributed by atoms with E-state index in [9.17, 15) is 9.59 Å². The molecule has 1 atom stereocenters. The van der Waals surface area contributed by atoms with Crippen LogP contribution in [0.4, 0.5) is 0 Å². The van der Waals surface area contributed by atoms with Crippen molar-refractivity contribution in [1.29, 1.82) is 0 Å². The number of nitrogens with zero attached hydrogens (tertiary/aromatic N) is 4. The first kappa shape index (κ1) is 21.7. The fraction of sp³-hybridized carbons (Fsp3) is 0.308. The third-order valence-corrected chi connectivity index (χ3v) is 5.98. The smallest absolute Gasteiger partial charge is 0.256 e. The molecule has 3 aromatic rings.